The monoisotopic (exact) mass is 368 g/mol. The average molecular weight is 369 g/mol. The zero-order valence-corrected chi connectivity index (χ0v) is 15.8. The summed E-state index contributed by atoms with van der Waals surface area (Å²) in [6.45, 7) is 8.11. The van der Waals surface area contributed by atoms with Gasteiger partial charge in [-0.05, 0) is 37.5 Å². The number of benzene rings is 1. The lowest BCUT2D eigenvalue weighted by atomic mass is 10.1. The van der Waals surface area contributed by atoms with E-state index in [1.165, 1.54) is 0 Å². The van der Waals surface area contributed by atoms with Gasteiger partial charge in [0.2, 0.25) is 10.0 Å². The first-order chi connectivity index (χ1) is 11.8. The van der Waals surface area contributed by atoms with E-state index in [2.05, 4.69) is 17.1 Å². The second-order valence-electron chi connectivity index (χ2n) is 6.53. The minimum atomic E-state index is -3.63. The number of hydrogen-bond acceptors (Lipinski definition) is 4. The Bertz CT molecular complexity index is 668. The maximum absolute atomic E-state index is 12.1. The van der Waals surface area contributed by atoms with Crippen molar-refractivity contribution in [3.8, 4) is 0 Å². The van der Waals surface area contributed by atoms with Gasteiger partial charge < -0.3 is 10.2 Å². The molecule has 8 heteroatoms. The number of piperazine rings is 1. The van der Waals surface area contributed by atoms with Gasteiger partial charge in [-0.15, -0.1) is 0 Å². The standard InChI is InChI=1S/C17H28N4O3S/c1-3-14(2)19-17(22)21-12-10-20(11-13-21)9-8-15-4-6-16(7-5-15)25(18,23)24/h4-7,14H,3,8-13H2,1-2H3,(H,19,22)(H2,18,23,24). The predicted octanol–water partition coefficient (Wildman–Crippen LogP) is 1.00. The molecule has 140 valence electrons. The molecule has 25 heavy (non-hydrogen) atoms. The first-order valence-corrected chi connectivity index (χ1v) is 10.2. The number of hydrogen-bond donors (Lipinski definition) is 2. The van der Waals surface area contributed by atoms with Crippen LogP contribution < -0.4 is 10.5 Å². The number of rotatable bonds is 6. The highest BCUT2D eigenvalue weighted by Crippen LogP contribution is 2.11. The molecule has 1 aliphatic rings. The van der Waals surface area contributed by atoms with E-state index in [4.69, 9.17) is 5.14 Å². The molecule has 0 aliphatic carbocycles. The van der Waals surface area contributed by atoms with Crippen LogP contribution in [0.2, 0.25) is 0 Å². The Morgan fingerprint density at radius 3 is 2.32 bits per heavy atom. The molecule has 1 aromatic rings. The fourth-order valence-corrected chi connectivity index (χ4v) is 3.23. The lowest BCUT2D eigenvalue weighted by Crippen LogP contribution is -2.53. The number of nitrogens with one attached hydrogen (secondary N) is 1. The van der Waals surface area contributed by atoms with Gasteiger partial charge in [0.05, 0.1) is 4.90 Å². The van der Waals surface area contributed by atoms with Gasteiger partial charge in [-0.3, -0.25) is 4.90 Å². The Labute approximate surface area is 150 Å². The molecule has 0 spiro atoms. The molecule has 1 atom stereocenters. The highest BCUT2D eigenvalue weighted by molar-refractivity contribution is 7.89. The van der Waals surface area contributed by atoms with Crippen LogP contribution >= 0.6 is 0 Å². The smallest absolute Gasteiger partial charge is 0.317 e. The van der Waals surface area contributed by atoms with Crippen molar-refractivity contribution in [3.63, 3.8) is 0 Å². The largest absolute Gasteiger partial charge is 0.336 e. The first-order valence-electron chi connectivity index (χ1n) is 8.69. The Kier molecular flexibility index (Phi) is 6.80. The molecule has 2 rings (SSSR count). The number of carbonyl (C=O) groups is 1. The summed E-state index contributed by atoms with van der Waals surface area (Å²) in [5.74, 6) is 0. The van der Waals surface area contributed by atoms with E-state index in [1.807, 2.05) is 11.8 Å². The molecule has 7 nitrogen and oxygen atoms in total. The number of primary sulfonamides is 1. The lowest BCUT2D eigenvalue weighted by Gasteiger charge is -2.35. The molecule has 0 bridgehead atoms. The highest BCUT2D eigenvalue weighted by Gasteiger charge is 2.21. The Hall–Kier alpha value is -1.64. The van der Waals surface area contributed by atoms with Crippen molar-refractivity contribution in [2.45, 2.75) is 37.6 Å². The fourth-order valence-electron chi connectivity index (χ4n) is 2.71. The van der Waals surface area contributed by atoms with Crippen LogP contribution in [0.25, 0.3) is 0 Å². The Balaban J connectivity index is 1.76. The third kappa shape index (κ3) is 5.98. The average Bonchev–Trinajstić information content (AvgIpc) is 2.59. The first kappa shape index (κ1) is 19.7. The van der Waals surface area contributed by atoms with Gasteiger partial charge in [-0.2, -0.15) is 0 Å². The van der Waals surface area contributed by atoms with E-state index in [0.717, 1.165) is 51.1 Å². The van der Waals surface area contributed by atoms with Crippen molar-refractivity contribution in [3.05, 3.63) is 29.8 Å². The van der Waals surface area contributed by atoms with Gasteiger partial charge >= 0.3 is 6.03 Å². The minimum Gasteiger partial charge on any atom is -0.336 e. The molecular formula is C17H28N4O3S. The van der Waals surface area contributed by atoms with Crippen LogP contribution in [-0.2, 0) is 16.4 Å². The molecule has 1 saturated heterocycles. The predicted molar refractivity (Wildman–Crippen MR) is 97.8 cm³/mol. The number of nitrogens with two attached hydrogens (primary N) is 1. The van der Waals surface area contributed by atoms with Crippen molar-refractivity contribution in [1.29, 1.82) is 0 Å². The topological polar surface area (TPSA) is 95.7 Å². The van der Waals surface area contributed by atoms with Gasteiger partial charge in [0.25, 0.3) is 0 Å². The van der Waals surface area contributed by atoms with Crippen LogP contribution in [0.4, 0.5) is 4.79 Å². The summed E-state index contributed by atoms with van der Waals surface area (Å²) in [4.78, 5) is 16.4. The van der Waals surface area contributed by atoms with E-state index in [0.29, 0.717) is 0 Å². The van der Waals surface area contributed by atoms with E-state index in [1.54, 1.807) is 24.3 Å². The SMILES string of the molecule is CCC(C)NC(=O)N1CCN(CCc2ccc(S(N)(=O)=O)cc2)CC1. The van der Waals surface area contributed by atoms with Crippen LogP contribution in [0, 0.1) is 0 Å². The zero-order valence-electron chi connectivity index (χ0n) is 14.9. The van der Waals surface area contributed by atoms with Crippen molar-refractivity contribution < 1.29 is 13.2 Å². The molecular weight excluding hydrogens is 340 g/mol. The Morgan fingerprint density at radius 1 is 1.20 bits per heavy atom. The molecule has 1 fully saturated rings. The summed E-state index contributed by atoms with van der Waals surface area (Å²) in [7, 11) is -3.63. The molecule has 0 aromatic heterocycles. The van der Waals surface area contributed by atoms with Crippen LogP contribution in [0.1, 0.15) is 25.8 Å². The van der Waals surface area contributed by atoms with Crippen molar-refractivity contribution >= 4 is 16.1 Å². The Morgan fingerprint density at radius 2 is 1.80 bits per heavy atom. The second kappa shape index (κ2) is 8.64. The van der Waals surface area contributed by atoms with Crippen molar-refractivity contribution in [1.82, 2.24) is 15.1 Å². The van der Waals surface area contributed by atoms with Gasteiger partial charge in [0, 0.05) is 38.8 Å². The number of sulfonamides is 1. The van der Waals surface area contributed by atoms with Gasteiger partial charge in [-0.25, -0.2) is 18.4 Å². The van der Waals surface area contributed by atoms with Crippen LogP contribution in [0.3, 0.4) is 0 Å². The molecule has 0 saturated carbocycles. The molecule has 0 radical (unpaired) electrons. The highest BCUT2D eigenvalue weighted by atomic mass is 32.2. The van der Waals surface area contributed by atoms with Crippen molar-refractivity contribution in [2.24, 2.45) is 5.14 Å². The third-order valence-electron chi connectivity index (χ3n) is 4.61. The number of amides is 2. The zero-order chi connectivity index (χ0) is 18.4. The van der Waals surface area contributed by atoms with Crippen LogP contribution in [0.15, 0.2) is 29.2 Å². The van der Waals surface area contributed by atoms with E-state index in [9.17, 15) is 13.2 Å². The quantitative estimate of drug-likeness (QED) is 0.783. The lowest BCUT2D eigenvalue weighted by molar-refractivity contribution is 0.138. The number of nitrogens with zero attached hydrogens (tertiary/aromatic N) is 2. The van der Waals surface area contributed by atoms with Gasteiger partial charge in [0.1, 0.15) is 0 Å². The summed E-state index contributed by atoms with van der Waals surface area (Å²) in [5.41, 5.74) is 1.07. The van der Waals surface area contributed by atoms with E-state index >= 15 is 0 Å². The third-order valence-corrected chi connectivity index (χ3v) is 5.54. The summed E-state index contributed by atoms with van der Waals surface area (Å²) >= 11 is 0. The fraction of sp³-hybridized carbons (Fsp3) is 0.588. The van der Waals surface area contributed by atoms with Crippen LogP contribution in [-0.4, -0.2) is 63.0 Å². The maximum Gasteiger partial charge on any atom is 0.317 e. The number of urea groups is 1. The van der Waals surface area contributed by atoms with Gasteiger partial charge in [0.15, 0.2) is 0 Å². The van der Waals surface area contributed by atoms with E-state index in [-0.39, 0.29) is 17.0 Å². The number of carbonyl (C=O) groups excluding carboxylic acids is 1. The normalized spacial score (nSPS) is 17.3. The summed E-state index contributed by atoms with van der Waals surface area (Å²) in [5, 5.41) is 8.10. The summed E-state index contributed by atoms with van der Waals surface area (Å²) < 4.78 is 22.5. The second-order valence-corrected chi connectivity index (χ2v) is 8.09. The molecule has 1 aromatic carbocycles. The summed E-state index contributed by atoms with van der Waals surface area (Å²) in [6, 6.07) is 6.91. The van der Waals surface area contributed by atoms with E-state index < -0.39 is 10.0 Å². The molecule has 2 amide bonds. The van der Waals surface area contributed by atoms with Gasteiger partial charge in [-0.1, -0.05) is 19.1 Å². The molecule has 1 heterocycles. The molecule has 1 aliphatic heterocycles. The molecule has 1 unspecified atom stereocenters. The van der Waals surface area contributed by atoms with Crippen molar-refractivity contribution in [2.75, 3.05) is 32.7 Å². The molecule has 3 N–H and O–H groups in total. The van der Waals surface area contributed by atoms with Crippen LogP contribution in [0.5, 0.6) is 0 Å². The minimum absolute atomic E-state index is 0.0209. The maximum atomic E-state index is 12.1. The summed E-state index contributed by atoms with van der Waals surface area (Å²) in [6.07, 6.45) is 1.76.